The van der Waals surface area contributed by atoms with Gasteiger partial charge in [-0.05, 0) is 76.5 Å². The van der Waals surface area contributed by atoms with Gasteiger partial charge < -0.3 is 20.1 Å². The Morgan fingerprint density at radius 3 is 1.62 bits per heavy atom. The standard InChI is InChI=1S/C23H26ClFN2O4Si.C18H14ClFN2O4/c1-32(2,3)10-9-31-23(30)18-12-17(7-8-28)21-26-13-15(14-27(21)22(18)29)11-16-5-4-6-19(24)20(16)25;19-14-3-1-2-11(15(14)20)6-10-8-21-16-12(4-5-23)7-13(18(25)26)17(24)22(16)9-10/h4-6,12-14,28H,7-11H2,1-3H3;1-3,7-9,23H,4-6H2,(H,25,26). The van der Waals surface area contributed by atoms with E-state index in [-0.39, 0.29) is 66.8 Å². The van der Waals surface area contributed by atoms with Crippen molar-refractivity contribution >= 4 is 54.5 Å². The molecule has 0 fully saturated rings. The summed E-state index contributed by atoms with van der Waals surface area (Å²) in [4.78, 5) is 58.0. The molecule has 6 rings (SSSR count). The molecule has 0 radical (unpaired) electrons. The number of esters is 1. The van der Waals surface area contributed by atoms with Crippen LogP contribution < -0.4 is 11.1 Å². The van der Waals surface area contributed by atoms with E-state index < -0.39 is 48.3 Å². The molecular formula is C41H40Cl2F2N4O8Si. The van der Waals surface area contributed by atoms with Crippen LogP contribution in [0.25, 0.3) is 11.3 Å². The molecule has 304 valence electrons. The highest BCUT2D eigenvalue weighted by atomic mass is 35.5. The molecule has 0 unspecified atom stereocenters. The van der Waals surface area contributed by atoms with E-state index in [0.717, 1.165) is 10.4 Å². The number of halogens is 4. The number of hydrogen-bond donors (Lipinski definition) is 3. The van der Waals surface area contributed by atoms with Crippen molar-refractivity contribution in [2.45, 2.75) is 51.4 Å². The van der Waals surface area contributed by atoms with Crippen LogP contribution in [0.5, 0.6) is 0 Å². The van der Waals surface area contributed by atoms with Gasteiger partial charge in [0.25, 0.3) is 11.1 Å². The van der Waals surface area contributed by atoms with E-state index in [9.17, 15) is 38.2 Å². The zero-order valence-electron chi connectivity index (χ0n) is 31.8. The largest absolute Gasteiger partial charge is 0.477 e. The zero-order valence-corrected chi connectivity index (χ0v) is 34.3. The number of nitrogens with zero attached hydrogens (tertiary/aromatic N) is 4. The highest BCUT2D eigenvalue weighted by Crippen LogP contribution is 2.23. The van der Waals surface area contributed by atoms with Crippen molar-refractivity contribution in [1.82, 2.24) is 18.8 Å². The van der Waals surface area contributed by atoms with Crippen molar-refractivity contribution < 1.29 is 38.4 Å². The summed E-state index contributed by atoms with van der Waals surface area (Å²) in [5.41, 5.74) is 1.50. The number of carboxylic acids is 1. The molecule has 0 spiro atoms. The van der Waals surface area contributed by atoms with Gasteiger partial charge in [-0.2, -0.15) is 0 Å². The Bertz CT molecular complexity index is 2630. The number of hydrogen-bond acceptors (Lipinski definition) is 9. The first-order valence-corrected chi connectivity index (χ1v) is 22.5. The lowest BCUT2D eigenvalue weighted by molar-refractivity contribution is 0.0522. The molecule has 2 aromatic carbocycles. The van der Waals surface area contributed by atoms with Crippen molar-refractivity contribution in [3.05, 3.63) is 160 Å². The number of rotatable bonds is 13. The second-order valence-electron chi connectivity index (χ2n) is 14.6. The minimum atomic E-state index is -1.40. The molecule has 6 aromatic rings. The van der Waals surface area contributed by atoms with E-state index in [0.29, 0.717) is 39.0 Å². The Hall–Kier alpha value is -5.32. The average molecular weight is 854 g/mol. The maximum atomic E-state index is 14.3. The number of carbonyl (C=O) groups excluding carboxylic acids is 1. The van der Waals surface area contributed by atoms with Crippen molar-refractivity contribution in [1.29, 1.82) is 0 Å². The molecule has 58 heavy (non-hydrogen) atoms. The first-order valence-electron chi connectivity index (χ1n) is 18.1. The van der Waals surface area contributed by atoms with Gasteiger partial charge in [-0.25, -0.2) is 28.3 Å². The molecule has 0 bridgehead atoms. The lowest BCUT2D eigenvalue weighted by atomic mass is 10.1. The predicted molar refractivity (Wildman–Crippen MR) is 218 cm³/mol. The SMILES string of the molecule is C[Si](C)(C)CCOC(=O)c1cc(CCO)c2ncc(Cc3cccc(Cl)c3F)cn2c1=O.O=C(O)c1cc(CCO)c2ncc(Cc3cccc(Cl)c3F)cn2c1=O. The fourth-order valence-electron chi connectivity index (χ4n) is 6.01. The van der Waals surface area contributed by atoms with Gasteiger partial charge in [0, 0.05) is 58.9 Å². The predicted octanol–water partition coefficient (Wildman–Crippen LogP) is 6.42. The fraction of sp³-hybridized carbons (Fsp3) is 0.268. The van der Waals surface area contributed by atoms with Crippen LogP contribution in [0.2, 0.25) is 35.7 Å². The quantitative estimate of drug-likeness (QED) is 0.0870. The number of benzene rings is 2. The van der Waals surface area contributed by atoms with Crippen molar-refractivity contribution in [2.24, 2.45) is 0 Å². The number of aliphatic hydroxyl groups is 2. The van der Waals surface area contributed by atoms with Crippen LogP contribution in [0.1, 0.15) is 54.1 Å². The van der Waals surface area contributed by atoms with Crippen LogP contribution in [-0.4, -0.2) is 73.9 Å². The highest BCUT2D eigenvalue weighted by Gasteiger charge is 2.21. The highest BCUT2D eigenvalue weighted by molar-refractivity contribution is 6.76. The first kappa shape index (κ1) is 43.8. The Balaban J connectivity index is 0.000000226. The summed E-state index contributed by atoms with van der Waals surface area (Å²) in [6.45, 7) is 6.36. The summed E-state index contributed by atoms with van der Waals surface area (Å²) in [7, 11) is -1.40. The van der Waals surface area contributed by atoms with Gasteiger partial charge in [0.1, 0.15) is 34.1 Å². The number of carboxylic acid groups (broad SMARTS) is 1. The van der Waals surface area contributed by atoms with Crippen LogP contribution in [0, 0.1) is 11.6 Å². The number of ether oxygens (including phenoxy) is 1. The van der Waals surface area contributed by atoms with Crippen LogP contribution >= 0.6 is 23.2 Å². The molecule has 0 aliphatic rings. The Morgan fingerprint density at radius 2 is 1.19 bits per heavy atom. The third-order valence-corrected chi connectivity index (χ3v) is 11.3. The molecule has 0 saturated carbocycles. The molecule has 17 heteroatoms. The second kappa shape index (κ2) is 19.0. The van der Waals surface area contributed by atoms with E-state index in [1.807, 2.05) is 0 Å². The first-order chi connectivity index (χ1) is 27.5. The number of aromatic carboxylic acids is 1. The molecule has 4 aromatic heterocycles. The van der Waals surface area contributed by atoms with Gasteiger partial charge in [0.05, 0.1) is 16.7 Å². The normalized spacial score (nSPS) is 11.4. The molecule has 0 saturated heterocycles. The van der Waals surface area contributed by atoms with Crippen LogP contribution in [0.4, 0.5) is 8.78 Å². The maximum Gasteiger partial charge on any atom is 0.343 e. The second-order valence-corrected chi connectivity index (χ2v) is 21.0. The van der Waals surface area contributed by atoms with Gasteiger partial charge >= 0.3 is 11.9 Å². The van der Waals surface area contributed by atoms with E-state index in [1.165, 1.54) is 47.3 Å². The van der Waals surface area contributed by atoms with Gasteiger partial charge in [0.15, 0.2) is 0 Å². The molecule has 4 heterocycles. The van der Waals surface area contributed by atoms with Crippen molar-refractivity contribution in [3.8, 4) is 0 Å². The Kier molecular flexibility index (Phi) is 14.3. The summed E-state index contributed by atoms with van der Waals surface area (Å²) in [5.74, 6) is -3.15. The summed E-state index contributed by atoms with van der Waals surface area (Å²) in [6.07, 6.45) is 6.66. The van der Waals surface area contributed by atoms with E-state index >= 15 is 0 Å². The van der Waals surface area contributed by atoms with Gasteiger partial charge in [-0.1, -0.05) is 67.1 Å². The molecule has 0 aliphatic carbocycles. The fourth-order valence-corrected chi connectivity index (χ4v) is 7.11. The van der Waals surface area contributed by atoms with E-state index in [1.54, 1.807) is 30.5 Å². The van der Waals surface area contributed by atoms with Crippen molar-refractivity contribution in [2.75, 3.05) is 19.8 Å². The van der Waals surface area contributed by atoms with E-state index in [2.05, 4.69) is 29.6 Å². The maximum absolute atomic E-state index is 14.3. The Morgan fingerprint density at radius 1 is 0.741 bits per heavy atom. The number of carbonyl (C=O) groups is 2. The molecule has 0 amide bonds. The zero-order chi connectivity index (χ0) is 42.3. The molecular weight excluding hydrogens is 813 g/mol. The average Bonchev–Trinajstić information content (AvgIpc) is 3.17. The Labute approximate surface area is 342 Å². The van der Waals surface area contributed by atoms with Crippen LogP contribution in [0.15, 0.2) is 82.9 Å². The minimum absolute atomic E-state index is 0.00758. The number of fused-ring (bicyclic) bond motifs is 2. The third-order valence-electron chi connectivity index (χ3n) is 9.01. The van der Waals surface area contributed by atoms with Gasteiger partial charge in [-0.15, -0.1) is 0 Å². The summed E-state index contributed by atoms with van der Waals surface area (Å²) in [5, 5.41) is 27.8. The number of aromatic nitrogens is 4. The summed E-state index contributed by atoms with van der Waals surface area (Å²) < 4.78 is 36.1. The summed E-state index contributed by atoms with van der Waals surface area (Å²) in [6, 6.07) is 12.8. The van der Waals surface area contributed by atoms with Crippen LogP contribution in [0.3, 0.4) is 0 Å². The lowest BCUT2D eigenvalue weighted by Gasteiger charge is -2.15. The molecule has 0 aliphatic heterocycles. The molecule has 12 nitrogen and oxygen atoms in total. The number of pyridine rings is 2. The molecule has 3 N–H and O–H groups in total. The topological polar surface area (TPSA) is 173 Å². The smallest absolute Gasteiger partial charge is 0.343 e. The monoisotopic (exact) mass is 852 g/mol. The van der Waals surface area contributed by atoms with E-state index in [4.69, 9.17) is 33.0 Å². The summed E-state index contributed by atoms with van der Waals surface area (Å²) >= 11 is 11.6. The minimum Gasteiger partial charge on any atom is -0.477 e. The number of aliphatic hydroxyl groups excluding tert-OH is 2. The third kappa shape index (κ3) is 10.4. The lowest BCUT2D eigenvalue weighted by Crippen LogP contribution is -2.27. The van der Waals surface area contributed by atoms with Crippen molar-refractivity contribution in [3.63, 3.8) is 0 Å². The molecule has 0 atom stereocenters. The van der Waals surface area contributed by atoms with Gasteiger partial charge in [-0.3, -0.25) is 18.4 Å². The van der Waals surface area contributed by atoms with Crippen LogP contribution in [-0.2, 0) is 30.4 Å². The van der Waals surface area contributed by atoms with Gasteiger partial charge in [0.2, 0.25) is 0 Å².